The average Bonchev–Trinajstić information content (AvgIpc) is 2.09. The van der Waals surface area contributed by atoms with E-state index in [2.05, 4.69) is 16.8 Å². The summed E-state index contributed by atoms with van der Waals surface area (Å²) in [5.74, 6) is 0. The average molecular weight is 219 g/mol. The normalized spacial score (nSPS) is 10.8. The first-order chi connectivity index (χ1) is 6.13. The van der Waals surface area contributed by atoms with Crippen molar-refractivity contribution >= 4 is 23.2 Å². The van der Waals surface area contributed by atoms with Crippen LogP contribution in [0.4, 0.5) is 0 Å². The summed E-state index contributed by atoms with van der Waals surface area (Å²) < 4.78 is 0. The summed E-state index contributed by atoms with van der Waals surface area (Å²) in [7, 11) is 2.03. The van der Waals surface area contributed by atoms with Gasteiger partial charge >= 0.3 is 0 Å². The zero-order chi connectivity index (χ0) is 9.84. The van der Waals surface area contributed by atoms with E-state index in [4.69, 9.17) is 23.2 Å². The molecule has 0 bridgehead atoms. The summed E-state index contributed by atoms with van der Waals surface area (Å²) >= 11 is 11.7. The van der Waals surface area contributed by atoms with Crippen molar-refractivity contribution in [2.45, 2.75) is 13.5 Å². The minimum Gasteiger partial charge on any atom is -0.302 e. The zero-order valence-corrected chi connectivity index (χ0v) is 9.23. The van der Waals surface area contributed by atoms with Gasteiger partial charge in [0, 0.05) is 23.3 Å². The van der Waals surface area contributed by atoms with Crippen LogP contribution in [0.1, 0.15) is 12.5 Å². The number of nitrogens with zero attached hydrogens (tertiary/aromatic N) is 2. The van der Waals surface area contributed by atoms with E-state index in [0.29, 0.717) is 10.2 Å². The Hall–Kier alpha value is -0.310. The number of halogens is 2. The molecule has 0 saturated carbocycles. The van der Waals surface area contributed by atoms with E-state index in [1.807, 2.05) is 7.05 Å². The van der Waals surface area contributed by atoms with Crippen molar-refractivity contribution in [3.8, 4) is 0 Å². The van der Waals surface area contributed by atoms with Crippen molar-refractivity contribution in [1.82, 2.24) is 9.88 Å². The molecule has 0 N–H and O–H groups in total. The Kier molecular flexibility index (Phi) is 3.97. The lowest BCUT2D eigenvalue weighted by molar-refractivity contribution is 0.345. The van der Waals surface area contributed by atoms with Gasteiger partial charge in [0.25, 0.3) is 0 Å². The van der Waals surface area contributed by atoms with Gasteiger partial charge in [-0.1, -0.05) is 30.1 Å². The fourth-order valence-electron chi connectivity index (χ4n) is 0.955. The molecule has 0 fully saturated rings. The first-order valence-electron chi connectivity index (χ1n) is 4.12. The maximum atomic E-state index is 5.98. The molecule has 72 valence electrons. The van der Waals surface area contributed by atoms with E-state index in [1.54, 1.807) is 12.3 Å². The Balaban J connectivity index is 2.77. The van der Waals surface area contributed by atoms with E-state index in [1.165, 1.54) is 0 Å². The van der Waals surface area contributed by atoms with Crippen molar-refractivity contribution in [1.29, 1.82) is 0 Å². The molecule has 0 aliphatic heterocycles. The highest BCUT2D eigenvalue weighted by atomic mass is 35.5. The van der Waals surface area contributed by atoms with Crippen LogP contribution in [0.25, 0.3) is 0 Å². The van der Waals surface area contributed by atoms with Gasteiger partial charge < -0.3 is 4.90 Å². The monoisotopic (exact) mass is 218 g/mol. The second-order valence-corrected chi connectivity index (χ2v) is 3.72. The molecule has 0 aliphatic carbocycles. The number of rotatable bonds is 3. The summed E-state index contributed by atoms with van der Waals surface area (Å²) in [6.07, 6.45) is 1.72. The second-order valence-electron chi connectivity index (χ2n) is 2.93. The Morgan fingerprint density at radius 2 is 2.15 bits per heavy atom. The predicted octanol–water partition coefficient (Wildman–Crippen LogP) is 2.84. The molecular weight excluding hydrogens is 207 g/mol. The summed E-state index contributed by atoms with van der Waals surface area (Å²) in [5, 5.41) is 1.12. The van der Waals surface area contributed by atoms with Gasteiger partial charge in [0.1, 0.15) is 5.15 Å². The van der Waals surface area contributed by atoms with Gasteiger partial charge in [0.15, 0.2) is 0 Å². The van der Waals surface area contributed by atoms with Crippen molar-refractivity contribution in [2.75, 3.05) is 13.6 Å². The van der Waals surface area contributed by atoms with Gasteiger partial charge in [-0.25, -0.2) is 4.98 Å². The van der Waals surface area contributed by atoms with Crippen molar-refractivity contribution in [3.63, 3.8) is 0 Å². The van der Waals surface area contributed by atoms with E-state index < -0.39 is 0 Å². The number of aromatic nitrogens is 1. The van der Waals surface area contributed by atoms with E-state index in [-0.39, 0.29) is 0 Å². The van der Waals surface area contributed by atoms with Gasteiger partial charge in [-0.05, 0) is 19.7 Å². The molecular formula is C9H12Cl2N2. The lowest BCUT2D eigenvalue weighted by Crippen LogP contribution is -2.17. The first-order valence-corrected chi connectivity index (χ1v) is 4.87. The van der Waals surface area contributed by atoms with Crippen molar-refractivity contribution < 1.29 is 0 Å². The van der Waals surface area contributed by atoms with Gasteiger partial charge in [0.2, 0.25) is 0 Å². The van der Waals surface area contributed by atoms with Crippen LogP contribution in [0, 0.1) is 0 Å². The number of pyridine rings is 1. The SMILES string of the molecule is CCN(C)Cc1cnc(Cl)cc1Cl. The van der Waals surface area contributed by atoms with Crippen molar-refractivity contribution in [2.24, 2.45) is 0 Å². The van der Waals surface area contributed by atoms with Crippen LogP contribution in [0.15, 0.2) is 12.3 Å². The van der Waals surface area contributed by atoms with Crippen LogP contribution in [0.3, 0.4) is 0 Å². The Morgan fingerprint density at radius 1 is 1.46 bits per heavy atom. The van der Waals surface area contributed by atoms with Crippen LogP contribution in [-0.2, 0) is 6.54 Å². The maximum Gasteiger partial charge on any atom is 0.130 e. The molecule has 0 aromatic carbocycles. The fourth-order valence-corrected chi connectivity index (χ4v) is 1.38. The van der Waals surface area contributed by atoms with E-state index in [0.717, 1.165) is 18.7 Å². The molecule has 0 amide bonds. The van der Waals surface area contributed by atoms with Crippen LogP contribution in [-0.4, -0.2) is 23.5 Å². The largest absolute Gasteiger partial charge is 0.302 e. The molecule has 1 aromatic rings. The maximum absolute atomic E-state index is 5.98. The van der Waals surface area contributed by atoms with E-state index in [9.17, 15) is 0 Å². The van der Waals surface area contributed by atoms with Gasteiger partial charge in [-0.2, -0.15) is 0 Å². The highest BCUT2D eigenvalue weighted by Crippen LogP contribution is 2.19. The molecule has 0 spiro atoms. The number of hydrogen-bond acceptors (Lipinski definition) is 2. The molecule has 1 heterocycles. The quantitative estimate of drug-likeness (QED) is 0.726. The summed E-state index contributed by atoms with van der Waals surface area (Å²) in [6, 6.07) is 1.67. The standard InChI is InChI=1S/C9H12Cl2N2/c1-3-13(2)6-7-5-12-9(11)4-8(7)10/h4-5H,3,6H2,1-2H3. The first kappa shape index (κ1) is 10.8. The zero-order valence-electron chi connectivity index (χ0n) is 7.72. The van der Waals surface area contributed by atoms with E-state index >= 15 is 0 Å². The van der Waals surface area contributed by atoms with Crippen LogP contribution in [0.5, 0.6) is 0 Å². The van der Waals surface area contributed by atoms with Gasteiger partial charge in [0.05, 0.1) is 0 Å². The molecule has 0 aliphatic rings. The highest BCUT2D eigenvalue weighted by molar-refractivity contribution is 6.34. The Morgan fingerprint density at radius 3 is 2.69 bits per heavy atom. The van der Waals surface area contributed by atoms with Crippen LogP contribution < -0.4 is 0 Å². The third kappa shape index (κ3) is 3.14. The molecule has 0 atom stereocenters. The molecule has 4 heteroatoms. The fraction of sp³-hybridized carbons (Fsp3) is 0.444. The molecule has 13 heavy (non-hydrogen) atoms. The minimum absolute atomic E-state index is 0.438. The lowest BCUT2D eigenvalue weighted by Gasteiger charge is -2.14. The van der Waals surface area contributed by atoms with Crippen LogP contribution in [0.2, 0.25) is 10.2 Å². The lowest BCUT2D eigenvalue weighted by atomic mass is 10.2. The van der Waals surface area contributed by atoms with Gasteiger partial charge in [-0.15, -0.1) is 0 Å². The van der Waals surface area contributed by atoms with Gasteiger partial charge in [-0.3, -0.25) is 0 Å². The molecule has 0 saturated heterocycles. The molecule has 0 radical (unpaired) electrons. The third-order valence-corrected chi connectivity index (χ3v) is 2.43. The Labute approximate surface area is 88.5 Å². The molecule has 1 rings (SSSR count). The minimum atomic E-state index is 0.438. The highest BCUT2D eigenvalue weighted by Gasteiger charge is 2.04. The molecule has 1 aromatic heterocycles. The Bertz CT molecular complexity index is 289. The number of hydrogen-bond donors (Lipinski definition) is 0. The van der Waals surface area contributed by atoms with Crippen molar-refractivity contribution in [3.05, 3.63) is 28.0 Å². The molecule has 2 nitrogen and oxygen atoms in total. The smallest absolute Gasteiger partial charge is 0.130 e. The summed E-state index contributed by atoms with van der Waals surface area (Å²) in [4.78, 5) is 6.13. The predicted molar refractivity (Wildman–Crippen MR) is 56.3 cm³/mol. The molecule has 0 unspecified atom stereocenters. The third-order valence-electron chi connectivity index (χ3n) is 1.88. The second kappa shape index (κ2) is 4.80. The van der Waals surface area contributed by atoms with Crippen LogP contribution >= 0.6 is 23.2 Å². The topological polar surface area (TPSA) is 16.1 Å². The summed E-state index contributed by atoms with van der Waals surface area (Å²) in [5.41, 5.74) is 1.01. The summed E-state index contributed by atoms with van der Waals surface area (Å²) in [6.45, 7) is 3.88.